The monoisotopic (exact) mass is 430 g/mol. The number of halogens is 3. The van der Waals surface area contributed by atoms with Crippen LogP contribution < -0.4 is 15.5 Å². The van der Waals surface area contributed by atoms with Gasteiger partial charge in [-0.1, -0.05) is 34.8 Å². The van der Waals surface area contributed by atoms with Gasteiger partial charge in [0.2, 0.25) is 5.95 Å². The highest BCUT2D eigenvalue weighted by Gasteiger charge is 2.18. The summed E-state index contributed by atoms with van der Waals surface area (Å²) in [6, 6.07) is 1.59. The minimum atomic E-state index is -0.381. The Morgan fingerprint density at radius 3 is 2.63 bits per heavy atom. The van der Waals surface area contributed by atoms with Crippen LogP contribution in [0.15, 0.2) is 18.5 Å². The average molecular weight is 432 g/mol. The number of hydrogen-bond acceptors (Lipinski definition) is 7. The van der Waals surface area contributed by atoms with Gasteiger partial charge in [0, 0.05) is 32.4 Å². The first kappa shape index (κ1) is 19.9. The molecule has 0 spiro atoms. The summed E-state index contributed by atoms with van der Waals surface area (Å²) in [5, 5.41) is 6.83. The minimum absolute atomic E-state index is 0.135. The number of anilines is 2. The maximum atomic E-state index is 12.4. The smallest absolute Gasteiger partial charge is 0.271 e. The van der Waals surface area contributed by atoms with Gasteiger partial charge in [-0.05, 0) is 6.07 Å². The molecule has 11 heteroatoms. The van der Waals surface area contributed by atoms with Gasteiger partial charge in [-0.25, -0.2) is 15.0 Å². The molecule has 1 aliphatic heterocycles. The number of hydrogen-bond donors (Lipinski definition) is 2. The fourth-order valence-corrected chi connectivity index (χ4v) is 3.04. The van der Waals surface area contributed by atoms with Crippen molar-refractivity contribution in [3.05, 3.63) is 39.2 Å². The van der Waals surface area contributed by atoms with Crippen molar-refractivity contribution in [2.24, 2.45) is 0 Å². The Bertz CT molecular complexity index is 817. The summed E-state index contributed by atoms with van der Waals surface area (Å²) in [5.41, 5.74) is 0.135. The highest BCUT2D eigenvalue weighted by atomic mass is 35.5. The van der Waals surface area contributed by atoms with Crippen molar-refractivity contribution in [1.29, 1.82) is 0 Å². The lowest BCUT2D eigenvalue weighted by Gasteiger charge is -2.26. The molecule has 1 fully saturated rings. The van der Waals surface area contributed by atoms with E-state index in [1.54, 1.807) is 6.07 Å². The van der Waals surface area contributed by atoms with Crippen LogP contribution >= 0.6 is 34.8 Å². The summed E-state index contributed by atoms with van der Waals surface area (Å²) in [6.45, 7) is 3.27. The first-order valence-corrected chi connectivity index (χ1v) is 9.36. The van der Waals surface area contributed by atoms with Crippen LogP contribution in [0, 0.1) is 0 Å². The third-order valence-electron chi connectivity index (χ3n) is 3.75. The topological polar surface area (TPSA) is 92.3 Å². The van der Waals surface area contributed by atoms with E-state index < -0.39 is 0 Å². The summed E-state index contributed by atoms with van der Waals surface area (Å²) >= 11 is 17.9. The second-order valence-corrected chi connectivity index (χ2v) is 6.88. The summed E-state index contributed by atoms with van der Waals surface area (Å²) in [6.07, 6.45) is 2.92. The zero-order valence-electron chi connectivity index (χ0n) is 14.2. The molecule has 2 N–H and O–H groups in total. The molecule has 2 aromatic rings. The Labute approximate surface area is 171 Å². The standard InChI is InChI=1S/C16H17Cl3N6O2/c17-10-7-11(18)14(22-8-10)20-1-2-21-15(26)13-12(19)9-23-16(24-13)25-3-5-27-6-4-25/h7-9H,1-6H2,(H,20,22)(H,21,26). The van der Waals surface area contributed by atoms with Gasteiger partial charge in [0.15, 0.2) is 5.69 Å². The van der Waals surface area contributed by atoms with Crippen LogP contribution in [0.4, 0.5) is 11.8 Å². The van der Waals surface area contributed by atoms with E-state index >= 15 is 0 Å². The fraction of sp³-hybridized carbons (Fsp3) is 0.375. The molecule has 27 heavy (non-hydrogen) atoms. The predicted octanol–water partition coefficient (Wildman–Crippen LogP) is 2.51. The lowest BCUT2D eigenvalue weighted by atomic mass is 10.3. The third-order valence-corrected chi connectivity index (χ3v) is 4.52. The molecular weight excluding hydrogens is 415 g/mol. The van der Waals surface area contributed by atoms with Crippen molar-refractivity contribution < 1.29 is 9.53 Å². The third kappa shape index (κ3) is 5.32. The van der Waals surface area contributed by atoms with E-state index in [1.165, 1.54) is 12.4 Å². The van der Waals surface area contributed by atoms with Gasteiger partial charge in [0.1, 0.15) is 5.82 Å². The van der Waals surface area contributed by atoms with Crippen LogP contribution in [0.5, 0.6) is 0 Å². The molecule has 0 radical (unpaired) electrons. The normalized spacial score (nSPS) is 14.1. The maximum Gasteiger partial charge on any atom is 0.271 e. The number of aromatic nitrogens is 3. The van der Waals surface area contributed by atoms with Gasteiger partial charge >= 0.3 is 0 Å². The second kappa shape index (κ2) is 9.36. The predicted molar refractivity (Wildman–Crippen MR) is 105 cm³/mol. The van der Waals surface area contributed by atoms with Crippen molar-refractivity contribution >= 4 is 52.5 Å². The molecule has 2 aromatic heterocycles. The summed E-state index contributed by atoms with van der Waals surface area (Å²) in [4.78, 5) is 26.9. The second-order valence-electron chi connectivity index (χ2n) is 5.63. The first-order valence-electron chi connectivity index (χ1n) is 8.23. The van der Waals surface area contributed by atoms with Crippen molar-refractivity contribution in [3.63, 3.8) is 0 Å². The Morgan fingerprint density at radius 2 is 1.89 bits per heavy atom. The van der Waals surface area contributed by atoms with Crippen LogP contribution in [0.3, 0.4) is 0 Å². The van der Waals surface area contributed by atoms with E-state index in [0.29, 0.717) is 61.2 Å². The number of amides is 1. The molecule has 1 aliphatic rings. The van der Waals surface area contributed by atoms with E-state index in [2.05, 4.69) is 25.6 Å². The first-order chi connectivity index (χ1) is 13.0. The number of nitrogens with zero attached hydrogens (tertiary/aromatic N) is 4. The van der Waals surface area contributed by atoms with Crippen molar-refractivity contribution in [2.75, 3.05) is 49.6 Å². The van der Waals surface area contributed by atoms with Crippen molar-refractivity contribution in [2.45, 2.75) is 0 Å². The molecule has 3 heterocycles. The van der Waals surface area contributed by atoms with Gasteiger partial charge in [0.25, 0.3) is 5.91 Å². The van der Waals surface area contributed by atoms with Crippen molar-refractivity contribution in [1.82, 2.24) is 20.3 Å². The van der Waals surface area contributed by atoms with Gasteiger partial charge in [0.05, 0.1) is 34.5 Å². The van der Waals surface area contributed by atoms with Crippen LogP contribution in [-0.2, 0) is 4.74 Å². The minimum Gasteiger partial charge on any atom is -0.378 e. The molecule has 0 saturated carbocycles. The largest absolute Gasteiger partial charge is 0.378 e. The lowest BCUT2D eigenvalue weighted by molar-refractivity contribution is 0.0950. The van der Waals surface area contributed by atoms with Crippen LogP contribution in [0.25, 0.3) is 0 Å². The number of pyridine rings is 1. The molecule has 0 unspecified atom stereocenters. The van der Waals surface area contributed by atoms with E-state index in [1.807, 2.05) is 4.90 Å². The molecule has 0 aromatic carbocycles. The van der Waals surface area contributed by atoms with E-state index in [9.17, 15) is 4.79 Å². The van der Waals surface area contributed by atoms with Crippen molar-refractivity contribution in [3.8, 4) is 0 Å². The highest BCUT2D eigenvalue weighted by Crippen LogP contribution is 2.22. The Hall–Kier alpha value is -1.87. The summed E-state index contributed by atoms with van der Waals surface area (Å²) in [7, 11) is 0. The van der Waals surface area contributed by atoms with E-state index in [0.717, 1.165) is 0 Å². The molecule has 1 amide bonds. The molecule has 0 bridgehead atoms. The lowest BCUT2D eigenvalue weighted by Crippen LogP contribution is -2.38. The number of ether oxygens (including phenoxy) is 1. The maximum absolute atomic E-state index is 12.4. The van der Waals surface area contributed by atoms with E-state index in [-0.39, 0.29) is 16.6 Å². The van der Waals surface area contributed by atoms with Crippen LogP contribution in [0.1, 0.15) is 10.5 Å². The van der Waals surface area contributed by atoms with Gasteiger partial charge in [-0.15, -0.1) is 0 Å². The SMILES string of the molecule is O=C(NCCNc1ncc(Cl)cc1Cl)c1nc(N2CCOCC2)ncc1Cl. The molecule has 0 atom stereocenters. The van der Waals surface area contributed by atoms with Crippen LogP contribution in [-0.4, -0.2) is 60.3 Å². The molecule has 3 rings (SSSR count). The Balaban J connectivity index is 1.55. The molecule has 8 nitrogen and oxygen atoms in total. The van der Waals surface area contributed by atoms with Crippen LogP contribution in [0.2, 0.25) is 15.1 Å². The van der Waals surface area contributed by atoms with Gasteiger partial charge < -0.3 is 20.3 Å². The fourth-order valence-electron chi connectivity index (χ4n) is 2.42. The summed E-state index contributed by atoms with van der Waals surface area (Å²) < 4.78 is 5.31. The zero-order chi connectivity index (χ0) is 19.2. The summed E-state index contributed by atoms with van der Waals surface area (Å²) in [5.74, 6) is 0.571. The number of carbonyl (C=O) groups is 1. The quantitative estimate of drug-likeness (QED) is 0.679. The van der Waals surface area contributed by atoms with Gasteiger partial charge in [-0.2, -0.15) is 0 Å². The molecule has 144 valence electrons. The molecule has 0 aliphatic carbocycles. The molecule has 1 saturated heterocycles. The average Bonchev–Trinajstić information content (AvgIpc) is 2.67. The highest BCUT2D eigenvalue weighted by molar-refractivity contribution is 6.36. The number of rotatable bonds is 6. The number of carbonyl (C=O) groups excluding carboxylic acids is 1. The van der Waals surface area contributed by atoms with Gasteiger partial charge in [-0.3, -0.25) is 4.79 Å². The zero-order valence-corrected chi connectivity index (χ0v) is 16.5. The molecular formula is C16H17Cl3N6O2. The van der Waals surface area contributed by atoms with E-state index in [4.69, 9.17) is 39.5 Å². The number of morpholine rings is 1. The number of nitrogens with one attached hydrogen (secondary N) is 2. The Morgan fingerprint density at radius 1 is 1.11 bits per heavy atom. The Kier molecular flexibility index (Phi) is 6.89.